The van der Waals surface area contributed by atoms with Crippen LogP contribution in [0.25, 0.3) is 0 Å². The highest BCUT2D eigenvalue weighted by molar-refractivity contribution is 5.27. The van der Waals surface area contributed by atoms with E-state index >= 15 is 0 Å². The molecule has 0 radical (unpaired) electrons. The second-order valence-corrected chi connectivity index (χ2v) is 12.5. The summed E-state index contributed by atoms with van der Waals surface area (Å²) in [4.78, 5) is 0. The minimum Gasteiger partial charge on any atom is -0.491 e. The van der Waals surface area contributed by atoms with Gasteiger partial charge in [0.2, 0.25) is 0 Å². The first-order valence-electron chi connectivity index (χ1n) is 19.7. The first-order chi connectivity index (χ1) is 25.3. The van der Waals surface area contributed by atoms with Crippen LogP contribution in [0.3, 0.4) is 0 Å². The van der Waals surface area contributed by atoms with Gasteiger partial charge in [-0.15, -0.1) is 0 Å². The first kappa shape index (κ1) is 47.6. The molecule has 0 spiro atoms. The fourth-order valence-corrected chi connectivity index (χ4v) is 4.64. The third-order valence-electron chi connectivity index (χ3n) is 7.94. The van der Waals surface area contributed by atoms with E-state index in [1.165, 1.54) is 50.5 Å². The Labute approximate surface area is 310 Å². The molecular formula is C40H74O11. The Balaban J connectivity index is 1.69. The molecule has 11 heteroatoms. The van der Waals surface area contributed by atoms with Crippen molar-refractivity contribution in [1.29, 1.82) is 0 Å². The van der Waals surface area contributed by atoms with Crippen molar-refractivity contribution in [3.63, 3.8) is 0 Å². The quantitative estimate of drug-likeness (QED) is 0.0683. The van der Waals surface area contributed by atoms with E-state index in [-0.39, 0.29) is 0 Å². The van der Waals surface area contributed by atoms with Crippen LogP contribution in [-0.2, 0) is 53.8 Å². The highest BCUT2D eigenvalue weighted by Crippen LogP contribution is 2.15. The van der Waals surface area contributed by atoms with Gasteiger partial charge in [-0.2, -0.15) is 0 Å². The first-order valence-corrected chi connectivity index (χ1v) is 19.7. The maximum atomic E-state index is 5.79. The smallest absolute Gasteiger partial charge is 0.119 e. The third-order valence-corrected chi connectivity index (χ3v) is 7.94. The predicted octanol–water partition coefficient (Wildman–Crippen LogP) is 6.57. The molecule has 1 aromatic rings. The zero-order valence-electron chi connectivity index (χ0n) is 32.6. The summed E-state index contributed by atoms with van der Waals surface area (Å²) < 4.78 is 61.0. The van der Waals surface area contributed by atoms with E-state index in [0.29, 0.717) is 138 Å². The van der Waals surface area contributed by atoms with Crippen LogP contribution < -0.4 is 4.74 Å². The molecule has 0 saturated carbocycles. The van der Waals surface area contributed by atoms with Crippen molar-refractivity contribution in [2.24, 2.45) is 5.92 Å². The topological polar surface area (TPSA) is 102 Å². The summed E-state index contributed by atoms with van der Waals surface area (Å²) in [7, 11) is 0. The van der Waals surface area contributed by atoms with Crippen LogP contribution in [0, 0.1) is 5.92 Å². The van der Waals surface area contributed by atoms with Crippen LogP contribution in [-0.4, -0.2) is 139 Å². The molecule has 0 heterocycles. The monoisotopic (exact) mass is 731 g/mol. The summed E-state index contributed by atoms with van der Waals surface area (Å²) in [5, 5.41) is 0. The van der Waals surface area contributed by atoms with E-state index in [9.17, 15) is 0 Å². The summed E-state index contributed by atoms with van der Waals surface area (Å²) in [6.45, 7) is 18.2. The van der Waals surface area contributed by atoms with E-state index in [0.717, 1.165) is 25.2 Å². The van der Waals surface area contributed by atoms with Gasteiger partial charge in [-0.1, -0.05) is 77.8 Å². The minimum atomic E-state index is 0.520. The normalized spacial score (nSPS) is 12.1. The predicted molar refractivity (Wildman–Crippen MR) is 201 cm³/mol. The maximum absolute atomic E-state index is 5.79. The Hall–Kier alpha value is -1.38. The molecule has 1 unspecified atom stereocenters. The van der Waals surface area contributed by atoms with Gasteiger partial charge in [-0.25, -0.2) is 0 Å². The number of hydrogen-bond donors (Lipinski definition) is 0. The van der Waals surface area contributed by atoms with E-state index in [1.54, 1.807) is 0 Å². The molecule has 0 aliphatic rings. The molecule has 0 N–H and O–H groups in total. The number of aryl methyl sites for hydroxylation is 1. The molecule has 0 aromatic heterocycles. The lowest BCUT2D eigenvalue weighted by molar-refractivity contribution is -0.0271. The zero-order valence-corrected chi connectivity index (χ0v) is 32.6. The molecule has 0 saturated heterocycles. The molecule has 0 amide bonds. The molecule has 0 aliphatic heterocycles. The van der Waals surface area contributed by atoms with Crippen LogP contribution in [0.15, 0.2) is 24.3 Å². The fourth-order valence-electron chi connectivity index (χ4n) is 4.64. The number of benzene rings is 1. The summed E-state index contributed by atoms with van der Waals surface area (Å²) in [6, 6.07) is 8.46. The lowest BCUT2D eigenvalue weighted by Gasteiger charge is -2.10. The van der Waals surface area contributed by atoms with Crippen molar-refractivity contribution in [2.75, 3.05) is 139 Å². The van der Waals surface area contributed by atoms with Gasteiger partial charge in [0.05, 0.1) is 126 Å². The largest absolute Gasteiger partial charge is 0.491 e. The molecule has 300 valence electrons. The Morgan fingerprint density at radius 2 is 0.725 bits per heavy atom. The standard InChI is InChI=1S/C40H74O11/c1-4-6-7-8-9-10-11-12-39-13-15-40(16-14-39)51-36-35-49-32-31-47-28-27-45-24-23-43-20-19-41-17-18-42-21-22-44-25-26-46-29-30-48-33-34-50-37-38(3)5-2/h13-16,38H,4-12,17-37H2,1-3H3. The van der Waals surface area contributed by atoms with Gasteiger partial charge in [-0.05, 0) is 36.5 Å². The number of unbranched alkanes of at least 4 members (excludes halogenated alkanes) is 6. The maximum Gasteiger partial charge on any atom is 0.119 e. The highest BCUT2D eigenvalue weighted by atomic mass is 16.6. The summed E-state index contributed by atoms with van der Waals surface area (Å²) in [5.41, 5.74) is 1.38. The SMILES string of the molecule is CCCCCCCCCc1ccc(OCCOCCOCCOCCOCCOCCOCCOCCOCCOCCOCC(C)CC)cc1. The number of ether oxygens (including phenoxy) is 11. The molecule has 1 rings (SSSR count). The Kier molecular flexibility index (Phi) is 37.2. The van der Waals surface area contributed by atoms with Gasteiger partial charge in [0.1, 0.15) is 12.4 Å². The van der Waals surface area contributed by atoms with Gasteiger partial charge in [-0.3, -0.25) is 0 Å². The average Bonchev–Trinajstić information content (AvgIpc) is 3.15. The molecule has 51 heavy (non-hydrogen) atoms. The van der Waals surface area contributed by atoms with Crippen LogP contribution in [0.5, 0.6) is 5.75 Å². The molecular weight excluding hydrogens is 656 g/mol. The lowest BCUT2D eigenvalue weighted by Crippen LogP contribution is -2.15. The van der Waals surface area contributed by atoms with Crippen LogP contribution in [0.1, 0.15) is 77.7 Å². The molecule has 1 atom stereocenters. The van der Waals surface area contributed by atoms with Gasteiger partial charge >= 0.3 is 0 Å². The summed E-state index contributed by atoms with van der Waals surface area (Å²) >= 11 is 0. The average molecular weight is 731 g/mol. The van der Waals surface area contributed by atoms with Gasteiger partial charge in [0, 0.05) is 6.61 Å². The highest BCUT2D eigenvalue weighted by Gasteiger charge is 2.00. The third kappa shape index (κ3) is 35.4. The number of hydrogen-bond acceptors (Lipinski definition) is 11. The van der Waals surface area contributed by atoms with Crippen molar-refractivity contribution in [1.82, 2.24) is 0 Å². The second-order valence-electron chi connectivity index (χ2n) is 12.5. The van der Waals surface area contributed by atoms with Gasteiger partial charge in [0.25, 0.3) is 0 Å². The van der Waals surface area contributed by atoms with Gasteiger partial charge in [0.15, 0.2) is 0 Å². The molecule has 1 aromatic carbocycles. The Morgan fingerprint density at radius 1 is 0.392 bits per heavy atom. The Morgan fingerprint density at radius 3 is 1.10 bits per heavy atom. The van der Waals surface area contributed by atoms with Crippen LogP contribution in [0.2, 0.25) is 0 Å². The van der Waals surface area contributed by atoms with Crippen molar-refractivity contribution in [3.05, 3.63) is 29.8 Å². The molecule has 0 fully saturated rings. The van der Waals surface area contributed by atoms with E-state index < -0.39 is 0 Å². The van der Waals surface area contributed by atoms with Crippen LogP contribution in [0.4, 0.5) is 0 Å². The van der Waals surface area contributed by atoms with Gasteiger partial charge < -0.3 is 52.1 Å². The fraction of sp³-hybridized carbons (Fsp3) is 0.850. The zero-order chi connectivity index (χ0) is 36.6. The second kappa shape index (κ2) is 39.8. The van der Waals surface area contributed by atoms with E-state index in [2.05, 4.69) is 45.0 Å². The minimum absolute atomic E-state index is 0.520. The lowest BCUT2D eigenvalue weighted by atomic mass is 10.0. The molecule has 0 bridgehead atoms. The van der Waals surface area contributed by atoms with Crippen molar-refractivity contribution >= 4 is 0 Å². The number of rotatable bonds is 42. The van der Waals surface area contributed by atoms with E-state index in [4.69, 9.17) is 52.1 Å². The van der Waals surface area contributed by atoms with Crippen molar-refractivity contribution < 1.29 is 52.1 Å². The Bertz CT molecular complexity index is 799. The summed E-state index contributed by atoms with van der Waals surface area (Å²) in [6.07, 6.45) is 11.7. The van der Waals surface area contributed by atoms with E-state index in [1.807, 2.05) is 0 Å². The summed E-state index contributed by atoms with van der Waals surface area (Å²) in [5.74, 6) is 1.49. The van der Waals surface area contributed by atoms with Crippen LogP contribution >= 0.6 is 0 Å². The van der Waals surface area contributed by atoms with Crippen molar-refractivity contribution in [2.45, 2.75) is 78.6 Å². The molecule has 11 nitrogen and oxygen atoms in total. The molecule has 0 aliphatic carbocycles. The van der Waals surface area contributed by atoms with Crippen molar-refractivity contribution in [3.8, 4) is 5.75 Å².